The van der Waals surface area contributed by atoms with Crippen molar-refractivity contribution in [1.29, 1.82) is 0 Å². The molecule has 50 heavy (non-hydrogen) atoms. The monoisotopic (exact) mass is 735 g/mol. The maximum atomic E-state index is 12.6. The quantitative estimate of drug-likeness (QED) is 0.0242. The average Bonchev–Trinajstić information content (AvgIpc) is 3.10. The first-order chi connectivity index (χ1) is 24.2. The Kier molecular flexibility index (Phi) is 35.2. The van der Waals surface area contributed by atoms with Crippen LogP contribution in [0.5, 0.6) is 0 Å². The van der Waals surface area contributed by atoms with Crippen molar-refractivity contribution in [2.75, 3.05) is 26.4 Å². The summed E-state index contributed by atoms with van der Waals surface area (Å²) in [6, 6.07) is 0. The summed E-state index contributed by atoms with van der Waals surface area (Å²) in [4.78, 5) is 34.8. The number of allylic oxidation sites excluding steroid dienone is 2. The normalized spacial score (nSPS) is 14.1. The second kappa shape index (κ2) is 36.1. The molecule has 11 heteroatoms. The summed E-state index contributed by atoms with van der Waals surface area (Å²) in [5.41, 5.74) is 0. The zero-order valence-electron chi connectivity index (χ0n) is 31.9. The summed E-state index contributed by atoms with van der Waals surface area (Å²) >= 11 is 0. The summed E-state index contributed by atoms with van der Waals surface area (Å²) in [5, 5.41) is 18.3. The minimum absolute atomic E-state index is 0.178. The van der Waals surface area contributed by atoms with Crippen molar-refractivity contribution in [3.63, 3.8) is 0 Å². The van der Waals surface area contributed by atoms with E-state index in [1.165, 1.54) is 89.9 Å². The zero-order chi connectivity index (χ0) is 37.0. The number of carbonyl (C=O) groups excluding carboxylic acids is 2. The molecule has 0 heterocycles. The highest BCUT2D eigenvalue weighted by Gasteiger charge is 2.27. The molecular weight excluding hydrogens is 659 g/mol. The van der Waals surface area contributed by atoms with Crippen molar-refractivity contribution in [1.82, 2.24) is 0 Å². The number of phosphoric acid groups is 1. The number of ether oxygens (including phenoxy) is 2. The van der Waals surface area contributed by atoms with E-state index >= 15 is 0 Å². The molecule has 0 saturated carbocycles. The molecule has 0 aliphatic heterocycles. The molecule has 0 bridgehead atoms. The van der Waals surface area contributed by atoms with Gasteiger partial charge in [0.1, 0.15) is 12.7 Å². The molecule has 0 aromatic rings. The van der Waals surface area contributed by atoms with E-state index in [0.29, 0.717) is 12.8 Å². The highest BCUT2D eigenvalue weighted by Crippen LogP contribution is 2.43. The number of aliphatic hydroxyl groups is 2. The second-order valence-electron chi connectivity index (χ2n) is 13.7. The molecule has 0 aromatic carbocycles. The Morgan fingerprint density at radius 2 is 0.980 bits per heavy atom. The molecule has 0 amide bonds. The van der Waals surface area contributed by atoms with Gasteiger partial charge in [-0.1, -0.05) is 148 Å². The number of carbonyl (C=O) groups is 2. The van der Waals surface area contributed by atoms with E-state index in [-0.39, 0.29) is 19.4 Å². The fourth-order valence-corrected chi connectivity index (χ4v) is 6.31. The average molecular weight is 735 g/mol. The van der Waals surface area contributed by atoms with Gasteiger partial charge >= 0.3 is 19.8 Å². The second-order valence-corrected chi connectivity index (χ2v) is 15.1. The maximum absolute atomic E-state index is 12.6. The van der Waals surface area contributed by atoms with Crippen LogP contribution in [-0.2, 0) is 32.7 Å². The number of esters is 2. The summed E-state index contributed by atoms with van der Waals surface area (Å²) in [6.45, 7) is 2.37. The molecule has 0 aliphatic rings. The Bertz CT molecular complexity index is 853. The van der Waals surface area contributed by atoms with Crippen molar-refractivity contribution < 1.29 is 47.8 Å². The molecule has 0 aliphatic carbocycles. The standard InChI is InChI=1S/C39H75O10P/c1-3-5-7-9-11-13-15-17-18-19-21-23-25-27-29-31-39(43)49-37(35-48-50(44,45)47-33-36(41)32-40)34-46-38(42)30-28-26-24-22-20-16-14-12-10-8-6-4-2/h17-18,36-37,40-41H,3-16,19-35H2,1-2H3,(H,44,45)/b18-17-. The lowest BCUT2D eigenvalue weighted by Gasteiger charge is -2.20. The van der Waals surface area contributed by atoms with Gasteiger partial charge in [0.05, 0.1) is 19.8 Å². The summed E-state index contributed by atoms with van der Waals surface area (Å²) < 4.78 is 32.6. The van der Waals surface area contributed by atoms with Gasteiger partial charge in [0.2, 0.25) is 0 Å². The van der Waals surface area contributed by atoms with E-state index in [1.54, 1.807) is 0 Å². The van der Waals surface area contributed by atoms with Crippen molar-refractivity contribution >= 4 is 19.8 Å². The van der Waals surface area contributed by atoms with Crippen LogP contribution in [0.3, 0.4) is 0 Å². The number of hydrogen-bond acceptors (Lipinski definition) is 9. The van der Waals surface area contributed by atoms with E-state index in [1.807, 2.05) is 0 Å². The number of phosphoric ester groups is 1. The van der Waals surface area contributed by atoms with Gasteiger partial charge in [0.15, 0.2) is 6.10 Å². The first kappa shape index (κ1) is 48.7. The molecule has 10 nitrogen and oxygen atoms in total. The van der Waals surface area contributed by atoms with Gasteiger partial charge in [0.25, 0.3) is 0 Å². The smallest absolute Gasteiger partial charge is 0.462 e. The highest BCUT2D eigenvalue weighted by atomic mass is 31.2. The topological polar surface area (TPSA) is 149 Å². The van der Waals surface area contributed by atoms with Gasteiger partial charge < -0.3 is 24.6 Å². The highest BCUT2D eigenvalue weighted by molar-refractivity contribution is 7.47. The van der Waals surface area contributed by atoms with Crippen LogP contribution < -0.4 is 0 Å². The minimum Gasteiger partial charge on any atom is -0.462 e. The predicted molar refractivity (Wildman–Crippen MR) is 201 cm³/mol. The zero-order valence-corrected chi connectivity index (χ0v) is 32.8. The van der Waals surface area contributed by atoms with E-state index < -0.39 is 51.8 Å². The predicted octanol–water partition coefficient (Wildman–Crippen LogP) is 10.1. The number of rotatable bonds is 38. The third kappa shape index (κ3) is 35.1. The number of unbranched alkanes of at least 4 members (excludes halogenated alkanes) is 22. The fourth-order valence-electron chi connectivity index (χ4n) is 5.52. The SMILES string of the molecule is CCCCCCCC/C=C\CCCCCCCC(=O)OC(COC(=O)CCCCCCCCCCCCCC)COP(=O)(O)OCC(O)CO. The molecule has 0 radical (unpaired) electrons. The number of hydrogen-bond donors (Lipinski definition) is 3. The minimum atomic E-state index is -4.61. The molecule has 3 unspecified atom stereocenters. The van der Waals surface area contributed by atoms with E-state index in [0.717, 1.165) is 57.8 Å². The Labute approximate surface area is 305 Å². The molecule has 0 fully saturated rings. The third-order valence-electron chi connectivity index (χ3n) is 8.67. The van der Waals surface area contributed by atoms with Crippen LogP contribution >= 0.6 is 7.82 Å². The summed E-state index contributed by atoms with van der Waals surface area (Å²) in [7, 11) is -4.61. The Balaban J connectivity index is 4.34. The Morgan fingerprint density at radius 3 is 1.44 bits per heavy atom. The van der Waals surface area contributed by atoms with Crippen LogP contribution in [0, 0.1) is 0 Å². The molecule has 3 atom stereocenters. The van der Waals surface area contributed by atoms with Gasteiger partial charge in [-0.15, -0.1) is 0 Å². The van der Waals surface area contributed by atoms with Crippen LogP contribution in [-0.4, -0.2) is 65.7 Å². The van der Waals surface area contributed by atoms with Crippen LogP contribution in [0.15, 0.2) is 12.2 Å². The van der Waals surface area contributed by atoms with Crippen molar-refractivity contribution in [3.05, 3.63) is 12.2 Å². The van der Waals surface area contributed by atoms with Crippen LogP contribution in [0.2, 0.25) is 0 Å². The van der Waals surface area contributed by atoms with E-state index in [9.17, 15) is 24.2 Å². The maximum Gasteiger partial charge on any atom is 0.472 e. The number of aliphatic hydroxyl groups excluding tert-OH is 2. The Morgan fingerprint density at radius 1 is 0.580 bits per heavy atom. The Hall–Kier alpha value is -1.29. The summed E-state index contributed by atoms with van der Waals surface area (Å²) in [5.74, 6) is -0.928. The van der Waals surface area contributed by atoms with Gasteiger partial charge in [-0.25, -0.2) is 4.57 Å². The lowest BCUT2D eigenvalue weighted by molar-refractivity contribution is -0.161. The molecule has 0 spiro atoms. The molecular formula is C39H75O10P. The molecule has 0 rings (SSSR count). The summed E-state index contributed by atoms with van der Waals surface area (Å²) in [6.07, 6.45) is 31.8. The molecule has 296 valence electrons. The largest absolute Gasteiger partial charge is 0.472 e. The van der Waals surface area contributed by atoms with Crippen LogP contribution in [0.1, 0.15) is 187 Å². The van der Waals surface area contributed by atoms with Crippen molar-refractivity contribution in [2.24, 2.45) is 0 Å². The van der Waals surface area contributed by atoms with Gasteiger partial charge in [-0.05, 0) is 38.5 Å². The molecule has 3 N–H and O–H groups in total. The first-order valence-corrected chi connectivity index (χ1v) is 21.6. The van der Waals surface area contributed by atoms with Crippen molar-refractivity contribution in [2.45, 2.75) is 199 Å². The molecule has 0 saturated heterocycles. The van der Waals surface area contributed by atoms with Gasteiger partial charge in [-0.3, -0.25) is 18.6 Å². The van der Waals surface area contributed by atoms with Gasteiger partial charge in [0, 0.05) is 12.8 Å². The van der Waals surface area contributed by atoms with Crippen LogP contribution in [0.4, 0.5) is 0 Å². The third-order valence-corrected chi connectivity index (χ3v) is 9.62. The first-order valence-electron chi connectivity index (χ1n) is 20.1. The fraction of sp³-hybridized carbons (Fsp3) is 0.897. The van der Waals surface area contributed by atoms with E-state index in [4.69, 9.17) is 19.1 Å². The van der Waals surface area contributed by atoms with E-state index in [2.05, 4.69) is 30.5 Å². The molecule has 0 aromatic heterocycles. The van der Waals surface area contributed by atoms with Crippen molar-refractivity contribution in [3.8, 4) is 0 Å². The lowest BCUT2D eigenvalue weighted by atomic mass is 10.0. The lowest BCUT2D eigenvalue weighted by Crippen LogP contribution is -2.29. The van der Waals surface area contributed by atoms with Gasteiger partial charge in [-0.2, -0.15) is 0 Å². The van der Waals surface area contributed by atoms with Crippen LogP contribution in [0.25, 0.3) is 0 Å².